The molecule has 0 aromatic rings. The summed E-state index contributed by atoms with van der Waals surface area (Å²) in [6.07, 6.45) is 22.3. The molecule has 146 valence electrons. The molecule has 0 amide bonds. The summed E-state index contributed by atoms with van der Waals surface area (Å²) in [5.74, 6) is -1.07. The van der Waals surface area contributed by atoms with Gasteiger partial charge in [-0.15, -0.1) is 0 Å². The molecule has 0 radical (unpaired) electrons. The van der Waals surface area contributed by atoms with Crippen molar-refractivity contribution >= 4 is 35.5 Å². The summed E-state index contributed by atoms with van der Waals surface area (Å²) < 4.78 is 0. The second kappa shape index (κ2) is 22.5. The van der Waals surface area contributed by atoms with Gasteiger partial charge in [-0.25, -0.2) is 0 Å². The molecule has 3 nitrogen and oxygen atoms in total. The van der Waals surface area contributed by atoms with Crippen LogP contribution >= 0.6 is 0 Å². The second-order valence-electron chi connectivity index (χ2n) is 7.36. The van der Waals surface area contributed by atoms with Crippen LogP contribution in [0.1, 0.15) is 116 Å². The molecule has 1 unspecified atom stereocenters. The van der Waals surface area contributed by atoms with Gasteiger partial charge in [0.2, 0.25) is 0 Å². The Hall–Kier alpha value is 0.430. The average Bonchev–Trinajstić information content (AvgIpc) is 2.57. The van der Waals surface area contributed by atoms with E-state index in [1.807, 2.05) is 0 Å². The van der Waals surface area contributed by atoms with Gasteiger partial charge >= 0.3 is 35.5 Å². The van der Waals surface area contributed by atoms with E-state index in [0.29, 0.717) is 0 Å². The van der Waals surface area contributed by atoms with Crippen LogP contribution in [0.2, 0.25) is 0 Å². The van der Waals surface area contributed by atoms with Crippen LogP contribution in [0.4, 0.5) is 0 Å². The summed E-state index contributed by atoms with van der Waals surface area (Å²) in [7, 11) is 0. The first-order valence-electron chi connectivity index (χ1n) is 10.6. The van der Waals surface area contributed by atoms with Crippen molar-refractivity contribution in [3.05, 3.63) is 0 Å². The molecule has 0 aliphatic carbocycles. The number of carboxylic acid groups (broad SMARTS) is 1. The number of rotatable bonds is 19. The molecular formula is C21H44NNaO2. The first kappa shape index (κ1) is 27.6. The topological polar surface area (TPSA) is 63.3 Å². The number of hydrogen-bond acceptors (Lipinski definition) is 2. The van der Waals surface area contributed by atoms with Gasteiger partial charge in [-0.05, 0) is 6.42 Å². The zero-order valence-electron chi connectivity index (χ0n) is 16.2. The van der Waals surface area contributed by atoms with Crippen molar-refractivity contribution in [3.8, 4) is 0 Å². The number of carbonyl (C=O) groups is 1. The minimum atomic E-state index is -0.738. The molecule has 0 saturated carbocycles. The molecule has 4 heteroatoms. The summed E-state index contributed by atoms with van der Waals surface area (Å²) in [6, 6.07) is 0. The zero-order valence-corrected chi connectivity index (χ0v) is 16.2. The average molecular weight is 366 g/mol. The molecule has 25 heavy (non-hydrogen) atoms. The van der Waals surface area contributed by atoms with Gasteiger partial charge in [-0.1, -0.05) is 110 Å². The Labute approximate surface area is 179 Å². The molecule has 0 heterocycles. The SMILES string of the molecule is CCCCCCCCCCCCCCCCCCC(CN)C(=O)O.[NaH]. The zero-order chi connectivity index (χ0) is 17.9. The van der Waals surface area contributed by atoms with Crippen molar-refractivity contribution in [3.63, 3.8) is 0 Å². The van der Waals surface area contributed by atoms with E-state index in [1.165, 1.54) is 89.9 Å². The van der Waals surface area contributed by atoms with Crippen LogP contribution < -0.4 is 5.73 Å². The van der Waals surface area contributed by atoms with E-state index in [9.17, 15) is 4.79 Å². The Morgan fingerprint density at radius 1 is 0.720 bits per heavy atom. The monoisotopic (exact) mass is 365 g/mol. The maximum atomic E-state index is 10.8. The fraction of sp³-hybridized carbons (Fsp3) is 0.952. The van der Waals surface area contributed by atoms with Crippen LogP contribution in [0.3, 0.4) is 0 Å². The van der Waals surface area contributed by atoms with E-state index in [4.69, 9.17) is 10.8 Å². The van der Waals surface area contributed by atoms with Crippen LogP contribution in [-0.2, 0) is 4.79 Å². The molecule has 0 aromatic heterocycles. The van der Waals surface area contributed by atoms with E-state index in [-0.39, 0.29) is 42.0 Å². The number of carboxylic acids is 1. The molecule has 0 aliphatic rings. The Morgan fingerprint density at radius 3 is 1.32 bits per heavy atom. The number of nitrogens with two attached hydrogens (primary N) is 1. The Bertz CT molecular complexity index is 275. The summed E-state index contributed by atoms with van der Waals surface area (Å²) in [5, 5.41) is 8.92. The first-order chi connectivity index (χ1) is 11.7. The van der Waals surface area contributed by atoms with Gasteiger partial charge < -0.3 is 10.8 Å². The molecule has 0 spiro atoms. The Morgan fingerprint density at radius 2 is 1.04 bits per heavy atom. The fourth-order valence-corrected chi connectivity index (χ4v) is 3.28. The van der Waals surface area contributed by atoms with Gasteiger partial charge in [-0.3, -0.25) is 4.79 Å². The van der Waals surface area contributed by atoms with Gasteiger partial charge in [0.25, 0.3) is 0 Å². The summed E-state index contributed by atoms with van der Waals surface area (Å²) >= 11 is 0. The van der Waals surface area contributed by atoms with Crippen molar-refractivity contribution in [2.24, 2.45) is 11.7 Å². The van der Waals surface area contributed by atoms with Gasteiger partial charge in [0, 0.05) is 6.54 Å². The predicted octanol–water partition coefficient (Wildman–Crippen LogP) is 5.65. The minimum absolute atomic E-state index is 0. The van der Waals surface area contributed by atoms with Crippen LogP contribution in [0.15, 0.2) is 0 Å². The molecule has 0 aliphatic heterocycles. The fourth-order valence-electron chi connectivity index (χ4n) is 3.28. The molecule has 0 bridgehead atoms. The Balaban J connectivity index is 0. The number of hydrogen-bond donors (Lipinski definition) is 2. The van der Waals surface area contributed by atoms with Gasteiger partial charge in [0.15, 0.2) is 0 Å². The second-order valence-corrected chi connectivity index (χ2v) is 7.36. The summed E-state index contributed by atoms with van der Waals surface area (Å²) in [5.41, 5.74) is 5.46. The maximum absolute atomic E-state index is 10.8. The van der Waals surface area contributed by atoms with Crippen molar-refractivity contribution < 1.29 is 9.90 Å². The van der Waals surface area contributed by atoms with Crippen molar-refractivity contribution in [1.82, 2.24) is 0 Å². The molecule has 0 fully saturated rings. The van der Waals surface area contributed by atoms with Crippen molar-refractivity contribution in [2.75, 3.05) is 6.54 Å². The number of aliphatic carboxylic acids is 1. The van der Waals surface area contributed by atoms with Gasteiger partial charge in [0.05, 0.1) is 5.92 Å². The Kier molecular flexibility index (Phi) is 24.9. The van der Waals surface area contributed by atoms with Crippen molar-refractivity contribution in [1.29, 1.82) is 0 Å². The molecule has 0 rings (SSSR count). The normalized spacial score (nSPS) is 11.9. The third-order valence-electron chi connectivity index (χ3n) is 5.04. The van der Waals surface area contributed by atoms with Crippen molar-refractivity contribution in [2.45, 2.75) is 116 Å². The quantitative estimate of drug-likeness (QED) is 0.230. The van der Waals surface area contributed by atoms with Crippen LogP contribution in [0, 0.1) is 5.92 Å². The van der Waals surface area contributed by atoms with Gasteiger partial charge in [-0.2, -0.15) is 0 Å². The van der Waals surface area contributed by atoms with E-state index < -0.39 is 5.97 Å². The van der Waals surface area contributed by atoms with Crippen LogP contribution in [0.5, 0.6) is 0 Å². The summed E-state index contributed by atoms with van der Waals surface area (Å²) in [4.78, 5) is 10.8. The molecule has 0 aromatic carbocycles. The standard InChI is InChI=1S/C21H43NO2.Na.H/c1-2-3-4-5-6-7-8-9-10-11-12-13-14-15-16-17-18-20(19-22)21(23)24;;/h20H,2-19,22H2,1H3,(H,23,24);;. The van der Waals surface area contributed by atoms with E-state index in [0.717, 1.165) is 19.3 Å². The van der Waals surface area contributed by atoms with Crippen LogP contribution in [-0.4, -0.2) is 47.2 Å². The molecular weight excluding hydrogens is 321 g/mol. The van der Waals surface area contributed by atoms with Crippen LogP contribution in [0.25, 0.3) is 0 Å². The first-order valence-corrected chi connectivity index (χ1v) is 10.6. The third-order valence-corrected chi connectivity index (χ3v) is 5.04. The molecule has 1 atom stereocenters. The molecule has 3 N–H and O–H groups in total. The third kappa shape index (κ3) is 20.6. The molecule has 0 saturated heterocycles. The number of unbranched alkanes of at least 4 members (excludes halogenated alkanes) is 15. The predicted molar refractivity (Wildman–Crippen MR) is 111 cm³/mol. The summed E-state index contributed by atoms with van der Waals surface area (Å²) in [6.45, 7) is 2.55. The van der Waals surface area contributed by atoms with Gasteiger partial charge in [0.1, 0.15) is 0 Å². The van der Waals surface area contributed by atoms with E-state index in [1.54, 1.807) is 0 Å². The van der Waals surface area contributed by atoms with E-state index >= 15 is 0 Å². The van der Waals surface area contributed by atoms with E-state index in [2.05, 4.69) is 6.92 Å².